The van der Waals surface area contributed by atoms with E-state index in [1.165, 1.54) is 6.20 Å². The molecule has 0 atom stereocenters. The number of hydrogen-bond donors (Lipinski definition) is 1. The fourth-order valence-corrected chi connectivity index (χ4v) is 0.782. The van der Waals surface area contributed by atoms with E-state index >= 15 is 0 Å². The van der Waals surface area contributed by atoms with Crippen LogP contribution in [0.5, 0.6) is 0 Å². The molecule has 0 aliphatic heterocycles. The van der Waals surface area contributed by atoms with Gasteiger partial charge in [0.15, 0.2) is 0 Å². The van der Waals surface area contributed by atoms with Crippen molar-refractivity contribution in [1.29, 1.82) is 0 Å². The Hall–Kier alpha value is -1.57. The molecule has 0 heterocycles. The summed E-state index contributed by atoms with van der Waals surface area (Å²) in [5.41, 5.74) is 6.51. The van der Waals surface area contributed by atoms with Crippen molar-refractivity contribution in [1.82, 2.24) is 0 Å². The highest BCUT2D eigenvalue weighted by molar-refractivity contribution is 5.97. The molecule has 2 N–H and O–H groups in total. The second kappa shape index (κ2) is 3.56. The number of hydrogen-bond acceptors (Lipinski definition) is 1. The first-order valence-corrected chi connectivity index (χ1v) is 3.34. The van der Waals surface area contributed by atoms with Gasteiger partial charge in [0.2, 0.25) is 0 Å². The molecular weight excluding hydrogens is 136 g/mol. The van der Waals surface area contributed by atoms with Crippen molar-refractivity contribution in [2.45, 2.75) is 0 Å². The molecule has 0 amide bonds. The molecule has 0 aliphatic rings. The van der Waals surface area contributed by atoms with Crippen molar-refractivity contribution in [3.05, 3.63) is 48.7 Å². The fraction of sp³-hybridized carbons (Fsp3) is 0. The maximum atomic E-state index is 5.58. The third kappa shape index (κ3) is 1.93. The van der Waals surface area contributed by atoms with Gasteiger partial charge in [0.05, 0.1) is 0 Å². The fourth-order valence-electron chi connectivity index (χ4n) is 0.782. The van der Waals surface area contributed by atoms with Crippen LogP contribution >= 0.6 is 0 Å². The molecule has 11 heavy (non-hydrogen) atoms. The lowest BCUT2D eigenvalue weighted by molar-refractivity contribution is 1.48. The van der Waals surface area contributed by atoms with Crippen LogP contribution in [0.1, 0.15) is 5.56 Å². The summed E-state index contributed by atoms with van der Waals surface area (Å²) in [6.07, 6.45) is 1.43. The maximum absolute atomic E-state index is 5.58. The summed E-state index contributed by atoms with van der Waals surface area (Å²) in [6.45, 7) is 3.46. The first-order valence-electron chi connectivity index (χ1n) is 3.34. The number of nitrogens with zero attached hydrogens (tertiary/aromatic N) is 1. The molecule has 56 valence electrons. The summed E-state index contributed by atoms with van der Waals surface area (Å²) in [5, 5.41) is 0. The van der Waals surface area contributed by atoms with Crippen molar-refractivity contribution in [3.8, 4) is 0 Å². The Balaban J connectivity index is 2.94. The summed E-state index contributed by atoms with van der Waals surface area (Å²) in [7, 11) is 0. The standard InChI is InChI=1S/C9H10N2/c1-2-11-9(10)8-6-4-3-5-7-8/h2-7H,1H2,(H2,10,11). The van der Waals surface area contributed by atoms with Crippen LogP contribution in [0, 0.1) is 0 Å². The SMILES string of the molecule is C=C/N=C(\N)c1ccccc1. The van der Waals surface area contributed by atoms with E-state index in [0.717, 1.165) is 5.56 Å². The molecule has 0 fully saturated rings. The first-order chi connectivity index (χ1) is 5.34. The third-order valence-electron chi connectivity index (χ3n) is 1.30. The Bertz CT molecular complexity index is 262. The molecule has 0 unspecified atom stereocenters. The third-order valence-corrected chi connectivity index (χ3v) is 1.30. The molecule has 2 nitrogen and oxygen atoms in total. The minimum absolute atomic E-state index is 0.501. The first kappa shape index (κ1) is 7.54. The van der Waals surface area contributed by atoms with E-state index in [1.807, 2.05) is 30.3 Å². The van der Waals surface area contributed by atoms with Crippen molar-refractivity contribution in [2.75, 3.05) is 0 Å². The zero-order valence-corrected chi connectivity index (χ0v) is 6.20. The van der Waals surface area contributed by atoms with Gasteiger partial charge in [0, 0.05) is 11.8 Å². The highest BCUT2D eigenvalue weighted by Gasteiger charge is 1.92. The van der Waals surface area contributed by atoms with Gasteiger partial charge in [-0.25, -0.2) is 4.99 Å². The predicted octanol–water partition coefficient (Wildman–Crippen LogP) is 1.54. The van der Waals surface area contributed by atoms with Crippen LogP contribution in [0.25, 0.3) is 0 Å². The van der Waals surface area contributed by atoms with E-state index in [4.69, 9.17) is 5.73 Å². The lowest BCUT2D eigenvalue weighted by atomic mass is 10.2. The zero-order valence-electron chi connectivity index (χ0n) is 6.20. The highest BCUT2D eigenvalue weighted by atomic mass is 14.8. The van der Waals surface area contributed by atoms with E-state index in [9.17, 15) is 0 Å². The number of amidine groups is 1. The highest BCUT2D eigenvalue weighted by Crippen LogP contribution is 1.97. The Kier molecular flexibility index (Phi) is 2.44. The van der Waals surface area contributed by atoms with Crippen LogP contribution < -0.4 is 5.73 Å². The summed E-state index contributed by atoms with van der Waals surface area (Å²) in [5.74, 6) is 0.501. The summed E-state index contributed by atoms with van der Waals surface area (Å²) < 4.78 is 0. The molecule has 0 saturated heterocycles. The van der Waals surface area contributed by atoms with Gasteiger partial charge in [-0.2, -0.15) is 0 Å². The average Bonchev–Trinajstić information content (AvgIpc) is 2.07. The van der Waals surface area contributed by atoms with Gasteiger partial charge in [-0.05, 0) is 0 Å². The molecule has 1 rings (SSSR count). The number of aliphatic imine (C=N–C) groups is 1. The van der Waals surface area contributed by atoms with E-state index in [1.54, 1.807) is 0 Å². The van der Waals surface area contributed by atoms with Crippen molar-refractivity contribution in [2.24, 2.45) is 10.7 Å². The minimum atomic E-state index is 0.501. The number of rotatable bonds is 2. The van der Waals surface area contributed by atoms with Gasteiger partial charge < -0.3 is 5.73 Å². The van der Waals surface area contributed by atoms with Crippen LogP contribution in [-0.2, 0) is 0 Å². The molecule has 1 aromatic carbocycles. The second-order valence-corrected chi connectivity index (χ2v) is 2.06. The Morgan fingerprint density at radius 3 is 2.55 bits per heavy atom. The van der Waals surface area contributed by atoms with E-state index in [0.29, 0.717) is 5.84 Å². The minimum Gasteiger partial charge on any atom is -0.383 e. The number of nitrogens with two attached hydrogens (primary N) is 1. The summed E-state index contributed by atoms with van der Waals surface area (Å²) in [4.78, 5) is 3.85. The molecule has 2 heteroatoms. The van der Waals surface area contributed by atoms with Gasteiger partial charge in [0.25, 0.3) is 0 Å². The molecule has 0 aromatic heterocycles. The monoisotopic (exact) mass is 146 g/mol. The Morgan fingerprint density at radius 2 is 2.00 bits per heavy atom. The predicted molar refractivity (Wildman–Crippen MR) is 47.4 cm³/mol. The van der Waals surface area contributed by atoms with Crippen LogP contribution in [0.3, 0.4) is 0 Å². The van der Waals surface area contributed by atoms with Crippen molar-refractivity contribution in [3.63, 3.8) is 0 Å². The Labute approximate surface area is 66.1 Å². The normalized spacial score (nSPS) is 11.1. The molecule has 0 radical (unpaired) electrons. The maximum Gasteiger partial charge on any atom is 0.130 e. The lowest BCUT2D eigenvalue weighted by Gasteiger charge is -1.96. The molecular formula is C9H10N2. The zero-order chi connectivity index (χ0) is 8.10. The molecule has 0 aliphatic carbocycles. The smallest absolute Gasteiger partial charge is 0.130 e. The molecule has 1 aromatic rings. The van der Waals surface area contributed by atoms with Gasteiger partial charge in [-0.1, -0.05) is 36.9 Å². The van der Waals surface area contributed by atoms with E-state index in [-0.39, 0.29) is 0 Å². The van der Waals surface area contributed by atoms with Crippen molar-refractivity contribution >= 4 is 5.84 Å². The molecule has 0 spiro atoms. The average molecular weight is 146 g/mol. The number of benzene rings is 1. The van der Waals surface area contributed by atoms with Crippen molar-refractivity contribution < 1.29 is 0 Å². The van der Waals surface area contributed by atoms with Gasteiger partial charge >= 0.3 is 0 Å². The summed E-state index contributed by atoms with van der Waals surface area (Å²) in [6, 6.07) is 9.58. The van der Waals surface area contributed by atoms with E-state index in [2.05, 4.69) is 11.6 Å². The summed E-state index contributed by atoms with van der Waals surface area (Å²) >= 11 is 0. The van der Waals surface area contributed by atoms with Gasteiger partial charge in [-0.15, -0.1) is 0 Å². The quantitative estimate of drug-likeness (QED) is 0.498. The van der Waals surface area contributed by atoms with E-state index < -0.39 is 0 Å². The van der Waals surface area contributed by atoms with Crippen LogP contribution in [0.4, 0.5) is 0 Å². The lowest BCUT2D eigenvalue weighted by Crippen LogP contribution is -2.11. The van der Waals surface area contributed by atoms with Crippen LogP contribution in [0.2, 0.25) is 0 Å². The van der Waals surface area contributed by atoms with Crippen LogP contribution in [0.15, 0.2) is 48.1 Å². The molecule has 0 saturated carbocycles. The molecule has 0 bridgehead atoms. The van der Waals surface area contributed by atoms with Gasteiger partial charge in [0.1, 0.15) is 5.84 Å². The van der Waals surface area contributed by atoms with Crippen LogP contribution in [-0.4, -0.2) is 5.84 Å². The van der Waals surface area contributed by atoms with Gasteiger partial charge in [-0.3, -0.25) is 0 Å². The second-order valence-electron chi connectivity index (χ2n) is 2.06. The topological polar surface area (TPSA) is 38.4 Å². The largest absolute Gasteiger partial charge is 0.383 e. The Morgan fingerprint density at radius 1 is 1.36 bits per heavy atom.